The molecule has 0 bridgehead atoms. The first kappa shape index (κ1) is 18.3. The highest BCUT2D eigenvalue weighted by atomic mass is 35.5. The van der Waals surface area contributed by atoms with Gasteiger partial charge >= 0.3 is 0 Å². The third-order valence-corrected chi connectivity index (χ3v) is 5.66. The molecular weight excluding hydrogens is 268 g/mol. The van der Waals surface area contributed by atoms with Crippen LogP contribution in [0, 0.1) is 5.41 Å². The van der Waals surface area contributed by atoms with Crippen LogP contribution in [0.4, 0.5) is 0 Å². The van der Waals surface area contributed by atoms with Crippen LogP contribution in [-0.2, 0) is 4.74 Å². The second-order valence-corrected chi connectivity index (χ2v) is 6.96. The van der Waals surface area contributed by atoms with E-state index in [4.69, 9.17) is 16.3 Å². The maximum Gasteiger partial charge on any atom is 0.0615 e. The summed E-state index contributed by atoms with van der Waals surface area (Å²) in [6.07, 6.45) is 16.8. The van der Waals surface area contributed by atoms with Crippen molar-refractivity contribution in [1.29, 1.82) is 0 Å². The Hall–Kier alpha value is 0.250. The largest absolute Gasteiger partial charge is 0.378 e. The second-order valence-electron chi connectivity index (χ2n) is 6.69. The van der Waals surface area contributed by atoms with Crippen molar-refractivity contribution >= 4 is 11.6 Å². The van der Waals surface area contributed by atoms with Crippen LogP contribution in [0.3, 0.4) is 0 Å². The lowest BCUT2D eigenvalue weighted by molar-refractivity contribution is 0.0682. The van der Waals surface area contributed by atoms with Gasteiger partial charge in [-0.2, -0.15) is 0 Å². The molecule has 1 saturated heterocycles. The van der Waals surface area contributed by atoms with Crippen molar-refractivity contribution in [3.8, 4) is 0 Å². The Morgan fingerprint density at radius 2 is 1.50 bits per heavy atom. The van der Waals surface area contributed by atoms with Crippen molar-refractivity contribution < 1.29 is 4.74 Å². The summed E-state index contributed by atoms with van der Waals surface area (Å²) < 4.78 is 5.72. The van der Waals surface area contributed by atoms with E-state index in [2.05, 4.69) is 13.8 Å². The molecule has 1 fully saturated rings. The molecule has 0 aromatic heterocycles. The molecular formula is C18H35ClO. The summed E-state index contributed by atoms with van der Waals surface area (Å²) in [5.74, 6) is 0.769. The molecule has 0 aromatic carbocycles. The van der Waals surface area contributed by atoms with Gasteiger partial charge in [0.05, 0.1) is 6.10 Å². The van der Waals surface area contributed by atoms with Gasteiger partial charge in [-0.1, -0.05) is 71.1 Å². The summed E-state index contributed by atoms with van der Waals surface area (Å²) in [5, 5.41) is 0. The number of unbranched alkanes of at least 4 members (excludes halogenated alkanes) is 9. The van der Waals surface area contributed by atoms with Crippen LogP contribution in [0.15, 0.2) is 0 Å². The van der Waals surface area contributed by atoms with Gasteiger partial charge in [0.1, 0.15) is 0 Å². The standard InChI is InChI=1S/C18H35ClO/c1-3-4-5-6-7-8-9-10-11-12-13-18(16-19)14-15-20-17(18)2/h17H,3-16H2,1-2H3. The molecule has 0 saturated carbocycles. The smallest absolute Gasteiger partial charge is 0.0615 e. The zero-order valence-corrected chi connectivity index (χ0v) is 14.5. The van der Waals surface area contributed by atoms with Crippen molar-refractivity contribution in [3.05, 3.63) is 0 Å². The summed E-state index contributed by atoms with van der Waals surface area (Å²) in [4.78, 5) is 0. The van der Waals surface area contributed by atoms with Crippen molar-refractivity contribution in [1.82, 2.24) is 0 Å². The predicted molar refractivity (Wildman–Crippen MR) is 89.6 cm³/mol. The molecule has 20 heavy (non-hydrogen) atoms. The molecule has 2 atom stereocenters. The molecule has 1 aliphatic rings. The molecule has 2 heteroatoms. The average molecular weight is 303 g/mol. The quantitative estimate of drug-likeness (QED) is 0.302. The number of hydrogen-bond acceptors (Lipinski definition) is 1. The Bertz CT molecular complexity index is 231. The molecule has 2 unspecified atom stereocenters. The fraction of sp³-hybridized carbons (Fsp3) is 1.00. The summed E-state index contributed by atoms with van der Waals surface area (Å²) >= 11 is 6.20. The monoisotopic (exact) mass is 302 g/mol. The first-order valence-corrected chi connectivity index (χ1v) is 9.46. The average Bonchev–Trinajstić information content (AvgIpc) is 2.82. The Morgan fingerprint density at radius 3 is 1.95 bits per heavy atom. The highest BCUT2D eigenvalue weighted by molar-refractivity contribution is 6.18. The van der Waals surface area contributed by atoms with Crippen LogP contribution >= 0.6 is 11.6 Å². The highest BCUT2D eigenvalue weighted by Gasteiger charge is 2.39. The van der Waals surface area contributed by atoms with Gasteiger partial charge in [0.15, 0.2) is 0 Å². The molecule has 0 amide bonds. The van der Waals surface area contributed by atoms with E-state index < -0.39 is 0 Å². The van der Waals surface area contributed by atoms with Gasteiger partial charge in [-0.3, -0.25) is 0 Å². The van der Waals surface area contributed by atoms with E-state index in [-0.39, 0.29) is 5.41 Å². The maximum atomic E-state index is 6.20. The first-order valence-electron chi connectivity index (χ1n) is 8.93. The lowest BCUT2D eigenvalue weighted by Gasteiger charge is -2.29. The van der Waals surface area contributed by atoms with E-state index in [1.165, 1.54) is 70.6 Å². The minimum Gasteiger partial charge on any atom is -0.378 e. The van der Waals surface area contributed by atoms with E-state index in [1.807, 2.05) is 0 Å². The number of ether oxygens (including phenoxy) is 1. The van der Waals surface area contributed by atoms with Crippen LogP contribution in [0.25, 0.3) is 0 Å². The fourth-order valence-electron chi connectivity index (χ4n) is 3.35. The van der Waals surface area contributed by atoms with Crippen LogP contribution in [0.5, 0.6) is 0 Å². The van der Waals surface area contributed by atoms with E-state index >= 15 is 0 Å². The molecule has 1 heterocycles. The third kappa shape index (κ3) is 6.35. The summed E-state index contributed by atoms with van der Waals surface area (Å²) in [7, 11) is 0. The van der Waals surface area contributed by atoms with Crippen LogP contribution in [0.1, 0.15) is 90.9 Å². The number of rotatable bonds is 12. The highest BCUT2D eigenvalue weighted by Crippen LogP contribution is 2.40. The summed E-state index contributed by atoms with van der Waals surface area (Å²) in [5.41, 5.74) is 0.279. The van der Waals surface area contributed by atoms with Gasteiger partial charge in [-0.25, -0.2) is 0 Å². The molecule has 120 valence electrons. The summed E-state index contributed by atoms with van der Waals surface area (Å²) in [6, 6.07) is 0. The lowest BCUT2D eigenvalue weighted by atomic mass is 9.79. The van der Waals surface area contributed by atoms with Crippen LogP contribution in [0.2, 0.25) is 0 Å². The van der Waals surface area contributed by atoms with Crippen LogP contribution < -0.4 is 0 Å². The van der Waals surface area contributed by atoms with Gasteiger partial charge in [-0.05, 0) is 19.8 Å². The normalized spacial score (nSPS) is 26.2. The van der Waals surface area contributed by atoms with Gasteiger partial charge in [0.2, 0.25) is 0 Å². The Kier molecular flexibility index (Phi) is 9.98. The lowest BCUT2D eigenvalue weighted by Crippen LogP contribution is -2.30. The van der Waals surface area contributed by atoms with Crippen molar-refractivity contribution in [3.63, 3.8) is 0 Å². The zero-order valence-electron chi connectivity index (χ0n) is 13.8. The van der Waals surface area contributed by atoms with Gasteiger partial charge < -0.3 is 4.74 Å². The summed E-state index contributed by atoms with van der Waals surface area (Å²) in [6.45, 7) is 5.39. The minimum absolute atomic E-state index is 0.279. The zero-order chi connectivity index (χ0) is 14.7. The van der Waals surface area contributed by atoms with Gasteiger partial charge in [0, 0.05) is 17.9 Å². The van der Waals surface area contributed by atoms with Gasteiger partial charge in [-0.15, -0.1) is 11.6 Å². The SMILES string of the molecule is CCCCCCCCCCCCC1(CCl)CCOC1C. The molecule has 1 nitrogen and oxygen atoms in total. The minimum atomic E-state index is 0.279. The van der Waals surface area contributed by atoms with Crippen molar-refractivity contribution in [2.45, 2.75) is 97.0 Å². The Balaban J connectivity index is 1.94. The molecule has 0 N–H and O–H groups in total. The van der Waals surface area contributed by atoms with Crippen LogP contribution in [-0.4, -0.2) is 18.6 Å². The van der Waals surface area contributed by atoms with E-state index in [0.29, 0.717) is 6.10 Å². The maximum absolute atomic E-state index is 6.20. The Labute approximate surface area is 131 Å². The first-order chi connectivity index (χ1) is 9.75. The molecule has 0 radical (unpaired) electrons. The predicted octanol–water partition coefficient (Wildman–Crippen LogP) is 6.33. The number of hydrogen-bond donors (Lipinski definition) is 0. The molecule has 0 aliphatic carbocycles. The number of halogens is 1. The molecule has 1 rings (SSSR count). The van der Waals surface area contributed by atoms with Gasteiger partial charge in [0.25, 0.3) is 0 Å². The molecule has 0 spiro atoms. The third-order valence-electron chi connectivity index (χ3n) is 5.12. The Morgan fingerprint density at radius 1 is 0.950 bits per heavy atom. The van der Waals surface area contributed by atoms with Crippen molar-refractivity contribution in [2.24, 2.45) is 5.41 Å². The van der Waals surface area contributed by atoms with E-state index in [1.54, 1.807) is 0 Å². The van der Waals surface area contributed by atoms with Crippen molar-refractivity contribution in [2.75, 3.05) is 12.5 Å². The number of alkyl halides is 1. The molecule has 1 aliphatic heterocycles. The second kappa shape index (κ2) is 10.9. The molecule has 0 aromatic rings. The van der Waals surface area contributed by atoms with E-state index in [9.17, 15) is 0 Å². The van der Waals surface area contributed by atoms with E-state index in [0.717, 1.165) is 18.9 Å². The fourth-order valence-corrected chi connectivity index (χ4v) is 3.84. The topological polar surface area (TPSA) is 9.23 Å².